The average Bonchev–Trinajstić information content (AvgIpc) is 3.12. The van der Waals surface area contributed by atoms with Gasteiger partial charge in [-0.1, -0.05) is 11.8 Å². The highest BCUT2D eigenvalue weighted by Gasteiger charge is 2.23. The molecule has 0 saturated carbocycles. The van der Waals surface area contributed by atoms with Gasteiger partial charge in [0.25, 0.3) is 0 Å². The van der Waals surface area contributed by atoms with Crippen molar-refractivity contribution in [1.29, 1.82) is 0 Å². The predicted molar refractivity (Wildman–Crippen MR) is 69.9 cm³/mol. The Hall–Kier alpha value is -1.95. The van der Waals surface area contributed by atoms with Crippen molar-refractivity contribution in [3.63, 3.8) is 0 Å². The van der Waals surface area contributed by atoms with E-state index >= 15 is 0 Å². The molecule has 96 valence electrons. The quantitative estimate of drug-likeness (QED) is 0.786. The molecule has 0 amide bonds. The third kappa shape index (κ3) is 1.56. The molecule has 0 spiro atoms. The van der Waals surface area contributed by atoms with Crippen LogP contribution < -0.4 is 9.47 Å². The number of carbonyl (C=O) groups is 1. The number of rotatable bonds is 2. The molecule has 19 heavy (non-hydrogen) atoms. The second-order valence-corrected chi connectivity index (χ2v) is 5.38. The summed E-state index contributed by atoms with van der Waals surface area (Å²) in [6.07, 6.45) is 0.877. The Morgan fingerprint density at radius 2 is 2.21 bits per heavy atom. The smallest absolute Gasteiger partial charge is 0.231 e. The van der Waals surface area contributed by atoms with Gasteiger partial charge in [0, 0.05) is 17.9 Å². The highest BCUT2D eigenvalue weighted by molar-refractivity contribution is 7.99. The topological polar surface area (TPSA) is 53.4 Å². The largest absolute Gasteiger partial charge is 0.454 e. The van der Waals surface area contributed by atoms with Crippen molar-refractivity contribution in [2.45, 2.75) is 11.7 Å². The van der Waals surface area contributed by atoms with Gasteiger partial charge in [0.1, 0.15) is 11.4 Å². The fourth-order valence-corrected chi connectivity index (χ4v) is 3.33. The second-order valence-electron chi connectivity index (χ2n) is 4.31. The molecule has 0 unspecified atom stereocenters. The summed E-state index contributed by atoms with van der Waals surface area (Å²) in [4.78, 5) is 15.9. The molecule has 0 fully saturated rings. The van der Waals surface area contributed by atoms with Gasteiger partial charge in [0.2, 0.25) is 6.79 Å². The number of aldehydes is 1. The summed E-state index contributed by atoms with van der Waals surface area (Å²) in [5, 5.41) is 0.912. The Morgan fingerprint density at radius 3 is 3.11 bits per heavy atom. The zero-order valence-corrected chi connectivity index (χ0v) is 10.8. The van der Waals surface area contributed by atoms with E-state index < -0.39 is 0 Å². The lowest BCUT2D eigenvalue weighted by Crippen LogP contribution is -2.00. The first-order valence-corrected chi connectivity index (χ1v) is 6.94. The van der Waals surface area contributed by atoms with Gasteiger partial charge < -0.3 is 14.0 Å². The average molecular weight is 274 g/mol. The first kappa shape index (κ1) is 10.9. The summed E-state index contributed by atoms with van der Waals surface area (Å²) < 4.78 is 12.6. The first-order valence-electron chi connectivity index (χ1n) is 5.95. The maximum absolute atomic E-state index is 11.3. The minimum Gasteiger partial charge on any atom is -0.454 e. The SMILES string of the molecule is O=Cc1c(-c2ccc3c(c2)OCO3)nc2n1CCS2. The molecule has 2 aliphatic rings. The van der Waals surface area contributed by atoms with Crippen molar-refractivity contribution in [2.24, 2.45) is 0 Å². The molecule has 3 heterocycles. The van der Waals surface area contributed by atoms with Crippen LogP contribution in [-0.4, -0.2) is 28.4 Å². The third-order valence-electron chi connectivity index (χ3n) is 3.28. The molecule has 1 aromatic heterocycles. The molecule has 0 aliphatic carbocycles. The summed E-state index contributed by atoms with van der Waals surface area (Å²) in [6, 6.07) is 5.63. The maximum Gasteiger partial charge on any atom is 0.231 e. The zero-order valence-electron chi connectivity index (χ0n) is 9.96. The van der Waals surface area contributed by atoms with Crippen LogP contribution in [0.4, 0.5) is 0 Å². The number of benzene rings is 1. The molecule has 0 atom stereocenters. The van der Waals surface area contributed by atoms with Gasteiger partial charge in [-0.15, -0.1) is 0 Å². The van der Waals surface area contributed by atoms with Gasteiger partial charge in [0.15, 0.2) is 22.9 Å². The van der Waals surface area contributed by atoms with E-state index in [9.17, 15) is 4.79 Å². The van der Waals surface area contributed by atoms with Crippen LogP contribution in [0.25, 0.3) is 11.3 Å². The van der Waals surface area contributed by atoms with E-state index in [1.165, 1.54) is 0 Å². The van der Waals surface area contributed by atoms with Gasteiger partial charge in [-0.2, -0.15) is 0 Å². The Kier molecular flexibility index (Phi) is 2.32. The fraction of sp³-hybridized carbons (Fsp3) is 0.231. The number of aromatic nitrogens is 2. The van der Waals surface area contributed by atoms with Gasteiger partial charge in [-0.3, -0.25) is 4.79 Å². The second kappa shape index (κ2) is 4.03. The van der Waals surface area contributed by atoms with E-state index in [2.05, 4.69) is 4.98 Å². The monoisotopic (exact) mass is 274 g/mol. The van der Waals surface area contributed by atoms with Crippen molar-refractivity contribution in [3.05, 3.63) is 23.9 Å². The molecule has 0 radical (unpaired) electrons. The molecule has 5 nitrogen and oxygen atoms in total. The number of hydrogen-bond donors (Lipinski definition) is 0. The number of thioether (sulfide) groups is 1. The van der Waals surface area contributed by atoms with Crippen molar-refractivity contribution >= 4 is 18.0 Å². The van der Waals surface area contributed by atoms with Gasteiger partial charge >= 0.3 is 0 Å². The van der Waals surface area contributed by atoms with E-state index in [-0.39, 0.29) is 6.79 Å². The number of nitrogens with zero attached hydrogens (tertiary/aromatic N) is 2. The first-order chi connectivity index (χ1) is 9.36. The van der Waals surface area contributed by atoms with Crippen LogP contribution in [-0.2, 0) is 6.54 Å². The summed E-state index contributed by atoms with van der Waals surface area (Å²) in [5.41, 5.74) is 2.24. The van der Waals surface area contributed by atoms with Crippen molar-refractivity contribution in [2.75, 3.05) is 12.5 Å². The van der Waals surface area contributed by atoms with Crippen LogP contribution >= 0.6 is 11.8 Å². The molecule has 1 aromatic carbocycles. The zero-order chi connectivity index (χ0) is 12.8. The number of fused-ring (bicyclic) bond motifs is 2. The van der Waals surface area contributed by atoms with Crippen molar-refractivity contribution in [1.82, 2.24) is 9.55 Å². The number of hydrogen-bond acceptors (Lipinski definition) is 5. The Balaban J connectivity index is 1.86. The Bertz CT molecular complexity index is 681. The Morgan fingerprint density at radius 1 is 1.32 bits per heavy atom. The highest BCUT2D eigenvalue weighted by Crippen LogP contribution is 2.38. The number of imidazole rings is 1. The molecule has 6 heteroatoms. The standard InChI is InChI=1S/C13H10N2O3S/c16-6-9-12(14-13-15(9)3-4-19-13)8-1-2-10-11(5-8)18-7-17-10/h1-2,5-6H,3-4,7H2. The lowest BCUT2D eigenvalue weighted by atomic mass is 10.1. The van der Waals surface area contributed by atoms with Gasteiger partial charge in [-0.05, 0) is 18.2 Å². The van der Waals surface area contributed by atoms with E-state index in [1.807, 2.05) is 22.8 Å². The molecule has 0 saturated heterocycles. The molecule has 2 aliphatic heterocycles. The molecule has 0 bridgehead atoms. The minimum absolute atomic E-state index is 0.245. The summed E-state index contributed by atoms with van der Waals surface area (Å²) in [6.45, 7) is 1.08. The van der Waals surface area contributed by atoms with Crippen LogP contribution in [0.5, 0.6) is 11.5 Å². The third-order valence-corrected chi connectivity index (χ3v) is 4.23. The lowest BCUT2D eigenvalue weighted by Gasteiger charge is -2.02. The number of carbonyl (C=O) groups excluding carboxylic acids is 1. The predicted octanol–water partition coefficient (Wildman–Crippen LogP) is 2.20. The summed E-state index contributed by atoms with van der Waals surface area (Å²) in [5.74, 6) is 2.41. The van der Waals surface area contributed by atoms with Crippen LogP contribution in [0, 0.1) is 0 Å². The maximum atomic E-state index is 11.3. The van der Waals surface area contributed by atoms with Crippen LogP contribution in [0.1, 0.15) is 10.5 Å². The highest BCUT2D eigenvalue weighted by atomic mass is 32.2. The fourth-order valence-electron chi connectivity index (χ4n) is 2.37. The molecular formula is C13H10N2O3S. The Labute approximate surface area is 113 Å². The summed E-state index contributed by atoms with van der Waals surface area (Å²) in [7, 11) is 0. The van der Waals surface area contributed by atoms with Crippen LogP contribution in [0.3, 0.4) is 0 Å². The molecule has 4 rings (SSSR count). The minimum atomic E-state index is 0.245. The number of ether oxygens (including phenoxy) is 2. The van der Waals surface area contributed by atoms with E-state index in [1.54, 1.807) is 11.8 Å². The lowest BCUT2D eigenvalue weighted by molar-refractivity contribution is 0.111. The van der Waals surface area contributed by atoms with Crippen molar-refractivity contribution < 1.29 is 14.3 Å². The molecule has 2 aromatic rings. The van der Waals surface area contributed by atoms with Crippen LogP contribution in [0.2, 0.25) is 0 Å². The van der Waals surface area contributed by atoms with Crippen molar-refractivity contribution in [3.8, 4) is 22.8 Å². The van der Waals surface area contributed by atoms with E-state index in [4.69, 9.17) is 9.47 Å². The van der Waals surface area contributed by atoms with Gasteiger partial charge in [0.05, 0.1) is 0 Å². The molecule has 0 N–H and O–H groups in total. The van der Waals surface area contributed by atoms with Gasteiger partial charge in [-0.25, -0.2) is 4.98 Å². The molecular weight excluding hydrogens is 264 g/mol. The summed E-state index contributed by atoms with van der Waals surface area (Å²) >= 11 is 1.68. The normalized spacial score (nSPS) is 15.6. The van der Waals surface area contributed by atoms with E-state index in [0.717, 1.165) is 40.7 Å². The van der Waals surface area contributed by atoms with Crippen LogP contribution in [0.15, 0.2) is 23.4 Å². The van der Waals surface area contributed by atoms with E-state index in [0.29, 0.717) is 11.4 Å².